The Hall–Kier alpha value is -2.93. The first kappa shape index (κ1) is 22.4. The molecule has 2 rings (SSSR count). The van der Waals surface area contributed by atoms with E-state index in [4.69, 9.17) is 30.5 Å². The minimum Gasteiger partial charge on any atom is -0.497 e. The van der Waals surface area contributed by atoms with Crippen molar-refractivity contribution in [2.75, 3.05) is 32.8 Å². The fraction of sp³-hybridized carbons (Fsp3) is 0.333. The van der Waals surface area contributed by atoms with E-state index < -0.39 is 11.9 Å². The van der Waals surface area contributed by atoms with Crippen LogP contribution in [0, 0.1) is 6.92 Å². The van der Waals surface area contributed by atoms with Gasteiger partial charge in [-0.25, -0.2) is 0 Å². The highest BCUT2D eigenvalue weighted by Crippen LogP contribution is 2.29. The lowest BCUT2D eigenvalue weighted by molar-refractivity contribution is -0.147. The van der Waals surface area contributed by atoms with Crippen LogP contribution in [0.1, 0.15) is 18.4 Å². The van der Waals surface area contributed by atoms with Crippen molar-refractivity contribution >= 4 is 29.2 Å². The van der Waals surface area contributed by atoms with Gasteiger partial charge in [0.05, 0.1) is 26.5 Å². The molecule has 0 saturated heterocycles. The summed E-state index contributed by atoms with van der Waals surface area (Å²) in [5.74, 6) is 0.824. The molecule has 0 unspecified atom stereocenters. The number of carbonyl (C=O) groups excluding carboxylic acids is 2. The van der Waals surface area contributed by atoms with Gasteiger partial charge in [0, 0.05) is 17.5 Å². The number of rotatable bonds is 10. The van der Waals surface area contributed by atoms with Crippen LogP contribution in [-0.2, 0) is 14.3 Å². The minimum atomic E-state index is -0.474. The smallest absolute Gasteiger partial charge is 0.306 e. The summed E-state index contributed by atoms with van der Waals surface area (Å²) >= 11 is 5.90. The number of anilines is 1. The van der Waals surface area contributed by atoms with Crippen molar-refractivity contribution in [3.05, 3.63) is 47.0 Å². The van der Waals surface area contributed by atoms with E-state index >= 15 is 0 Å². The lowest BCUT2D eigenvalue weighted by Crippen LogP contribution is -2.21. The Morgan fingerprint density at radius 2 is 1.83 bits per heavy atom. The maximum atomic E-state index is 12.0. The van der Waals surface area contributed by atoms with Crippen molar-refractivity contribution < 1.29 is 28.5 Å². The summed E-state index contributed by atoms with van der Waals surface area (Å²) in [7, 11) is 3.02. The Kier molecular flexibility index (Phi) is 8.61. The molecule has 0 aliphatic heterocycles. The van der Waals surface area contributed by atoms with Crippen molar-refractivity contribution in [3.63, 3.8) is 0 Å². The Morgan fingerprint density at radius 1 is 1.03 bits per heavy atom. The first-order chi connectivity index (χ1) is 13.9. The molecule has 0 radical (unpaired) electrons. The molecule has 156 valence electrons. The van der Waals surface area contributed by atoms with E-state index in [1.165, 1.54) is 14.2 Å². The van der Waals surface area contributed by atoms with Gasteiger partial charge in [-0.2, -0.15) is 0 Å². The van der Waals surface area contributed by atoms with Crippen molar-refractivity contribution in [3.8, 4) is 17.2 Å². The van der Waals surface area contributed by atoms with E-state index in [0.29, 0.717) is 35.2 Å². The first-order valence-corrected chi connectivity index (χ1v) is 9.37. The van der Waals surface area contributed by atoms with E-state index in [-0.39, 0.29) is 13.0 Å². The zero-order valence-electron chi connectivity index (χ0n) is 16.6. The summed E-state index contributed by atoms with van der Waals surface area (Å²) in [5.41, 5.74) is 1.38. The van der Waals surface area contributed by atoms with Crippen LogP contribution in [-0.4, -0.2) is 39.3 Å². The summed E-state index contributed by atoms with van der Waals surface area (Å²) in [6.45, 7) is 1.86. The van der Waals surface area contributed by atoms with Crippen LogP contribution in [0.15, 0.2) is 36.4 Å². The van der Waals surface area contributed by atoms with Crippen LogP contribution < -0.4 is 19.5 Å². The summed E-state index contributed by atoms with van der Waals surface area (Å²) in [5, 5.41) is 3.28. The van der Waals surface area contributed by atoms with Crippen LogP contribution >= 0.6 is 11.6 Å². The zero-order valence-corrected chi connectivity index (χ0v) is 17.4. The standard InChI is InChI=1S/C21H24ClNO6/c1-14-11-15(22)6-9-18(14)28-10-4-5-21(25)29-13-20(24)23-17-8-7-16(26-2)12-19(17)27-3/h6-9,11-12H,4-5,10,13H2,1-3H3,(H,23,24). The monoisotopic (exact) mass is 421 g/mol. The molecule has 0 fully saturated rings. The van der Waals surface area contributed by atoms with Crippen molar-refractivity contribution in [2.24, 2.45) is 0 Å². The van der Waals surface area contributed by atoms with Crippen molar-refractivity contribution in [2.45, 2.75) is 19.8 Å². The highest BCUT2D eigenvalue weighted by Gasteiger charge is 2.11. The van der Waals surface area contributed by atoms with Crippen LogP contribution in [0.2, 0.25) is 5.02 Å². The minimum absolute atomic E-state index is 0.145. The molecule has 1 N–H and O–H groups in total. The third-order valence-electron chi connectivity index (χ3n) is 3.97. The number of methoxy groups -OCH3 is 2. The average Bonchev–Trinajstić information content (AvgIpc) is 2.71. The number of halogens is 1. The Morgan fingerprint density at radius 3 is 2.52 bits per heavy atom. The van der Waals surface area contributed by atoms with Gasteiger partial charge >= 0.3 is 5.97 Å². The molecule has 7 nitrogen and oxygen atoms in total. The van der Waals surface area contributed by atoms with Crippen LogP contribution in [0.3, 0.4) is 0 Å². The van der Waals surface area contributed by atoms with Crippen LogP contribution in [0.5, 0.6) is 17.2 Å². The highest BCUT2D eigenvalue weighted by molar-refractivity contribution is 6.30. The third-order valence-corrected chi connectivity index (χ3v) is 4.20. The number of hydrogen-bond donors (Lipinski definition) is 1. The summed E-state index contributed by atoms with van der Waals surface area (Å²) in [6, 6.07) is 10.3. The molecular weight excluding hydrogens is 398 g/mol. The molecule has 0 atom stereocenters. The van der Waals surface area contributed by atoms with Gasteiger partial charge in [0.1, 0.15) is 17.2 Å². The normalized spacial score (nSPS) is 10.2. The molecule has 0 aliphatic rings. The Labute approximate surface area is 174 Å². The number of nitrogens with one attached hydrogen (secondary N) is 1. The SMILES string of the molecule is COc1ccc(NC(=O)COC(=O)CCCOc2ccc(Cl)cc2C)c(OC)c1. The molecule has 2 aromatic rings. The van der Waals surface area contributed by atoms with Crippen molar-refractivity contribution in [1.82, 2.24) is 0 Å². The van der Waals surface area contributed by atoms with Gasteiger partial charge in [-0.15, -0.1) is 0 Å². The number of benzene rings is 2. The van der Waals surface area contributed by atoms with Crippen molar-refractivity contribution in [1.29, 1.82) is 0 Å². The zero-order chi connectivity index (χ0) is 21.2. The number of ether oxygens (including phenoxy) is 4. The molecule has 29 heavy (non-hydrogen) atoms. The van der Waals surface area contributed by atoms with E-state index in [1.807, 2.05) is 13.0 Å². The number of hydrogen-bond acceptors (Lipinski definition) is 6. The molecule has 8 heteroatoms. The Balaban J connectivity index is 1.70. The largest absolute Gasteiger partial charge is 0.497 e. The Bertz CT molecular complexity index is 855. The van der Waals surface area contributed by atoms with Gasteiger partial charge in [-0.1, -0.05) is 11.6 Å². The summed E-state index contributed by atoms with van der Waals surface area (Å²) < 4.78 is 20.9. The van der Waals surface area contributed by atoms with E-state index in [0.717, 1.165) is 11.3 Å². The summed E-state index contributed by atoms with van der Waals surface area (Å²) in [4.78, 5) is 23.8. The molecule has 0 bridgehead atoms. The average molecular weight is 422 g/mol. The molecule has 0 heterocycles. The number of esters is 1. The van der Waals surface area contributed by atoms with Gasteiger partial charge < -0.3 is 24.3 Å². The second kappa shape index (κ2) is 11.2. The molecule has 0 aromatic heterocycles. The quantitative estimate of drug-likeness (QED) is 0.461. The van der Waals surface area contributed by atoms with Gasteiger partial charge in [-0.3, -0.25) is 9.59 Å². The molecule has 0 saturated carbocycles. The van der Waals surface area contributed by atoms with Gasteiger partial charge in [0.2, 0.25) is 0 Å². The number of aryl methyl sites for hydroxylation is 1. The van der Waals surface area contributed by atoms with E-state index in [9.17, 15) is 9.59 Å². The molecular formula is C21H24ClNO6. The van der Waals surface area contributed by atoms with Crippen LogP contribution in [0.4, 0.5) is 5.69 Å². The topological polar surface area (TPSA) is 83.1 Å². The second-order valence-electron chi connectivity index (χ2n) is 6.14. The molecule has 1 amide bonds. The van der Waals surface area contributed by atoms with Crippen LogP contribution in [0.25, 0.3) is 0 Å². The predicted octanol–water partition coefficient (Wildman–Crippen LogP) is 4.01. The van der Waals surface area contributed by atoms with E-state index in [1.54, 1.807) is 30.3 Å². The molecule has 2 aromatic carbocycles. The third kappa shape index (κ3) is 7.19. The summed E-state index contributed by atoms with van der Waals surface area (Å²) in [6.07, 6.45) is 0.612. The maximum Gasteiger partial charge on any atom is 0.306 e. The predicted molar refractivity (Wildman–Crippen MR) is 110 cm³/mol. The van der Waals surface area contributed by atoms with Gasteiger partial charge in [-0.05, 0) is 49.2 Å². The second-order valence-corrected chi connectivity index (χ2v) is 6.57. The number of carbonyl (C=O) groups is 2. The van der Waals surface area contributed by atoms with E-state index in [2.05, 4.69) is 5.32 Å². The maximum absolute atomic E-state index is 12.0. The lowest BCUT2D eigenvalue weighted by atomic mass is 10.2. The fourth-order valence-electron chi connectivity index (χ4n) is 2.48. The van der Waals surface area contributed by atoms with Gasteiger partial charge in [0.25, 0.3) is 5.91 Å². The highest BCUT2D eigenvalue weighted by atomic mass is 35.5. The lowest BCUT2D eigenvalue weighted by Gasteiger charge is -2.12. The molecule has 0 spiro atoms. The first-order valence-electron chi connectivity index (χ1n) is 8.99. The number of amides is 1. The molecule has 0 aliphatic carbocycles. The fourth-order valence-corrected chi connectivity index (χ4v) is 2.71. The van der Waals surface area contributed by atoms with Gasteiger partial charge in [0.15, 0.2) is 6.61 Å².